The fraction of sp³-hybridized carbons (Fsp3) is 0.400. The Labute approximate surface area is 47.8 Å². The van der Waals surface area contributed by atoms with Crippen LogP contribution >= 0.6 is 0 Å². The third-order valence-electron chi connectivity index (χ3n) is 0.911. The van der Waals surface area contributed by atoms with Gasteiger partial charge in [-0.1, -0.05) is 6.92 Å². The molecular formula is C5H7N3. The molecule has 3 heteroatoms. The van der Waals surface area contributed by atoms with Crippen molar-refractivity contribution in [3.63, 3.8) is 0 Å². The smallest absolute Gasteiger partial charge is 0.138 e. The van der Waals surface area contributed by atoms with E-state index in [4.69, 9.17) is 0 Å². The lowest BCUT2D eigenvalue weighted by molar-refractivity contribution is 0.899. The van der Waals surface area contributed by atoms with Crippen LogP contribution in [0.4, 0.5) is 0 Å². The molecule has 0 saturated heterocycles. The zero-order valence-corrected chi connectivity index (χ0v) is 4.70. The second-order valence-corrected chi connectivity index (χ2v) is 1.45. The molecule has 1 rings (SSSR count). The third-order valence-corrected chi connectivity index (χ3v) is 0.911. The normalized spacial score (nSPS) is 9.12. The van der Waals surface area contributed by atoms with E-state index in [0.29, 0.717) is 0 Å². The first-order valence-corrected chi connectivity index (χ1v) is 2.55. The maximum absolute atomic E-state index is 3.92. The predicted molar refractivity (Wildman–Crippen MR) is 29.2 cm³/mol. The summed E-state index contributed by atoms with van der Waals surface area (Å²) in [5.41, 5.74) is 0.986. The van der Waals surface area contributed by atoms with Crippen LogP contribution in [-0.4, -0.2) is 15.2 Å². The summed E-state index contributed by atoms with van der Waals surface area (Å²) in [4.78, 5) is 3.92. The first-order valence-electron chi connectivity index (χ1n) is 2.55. The molecule has 0 aromatic carbocycles. The average molecular weight is 109 g/mol. The van der Waals surface area contributed by atoms with Crippen LogP contribution in [0.2, 0.25) is 0 Å². The molecule has 0 aliphatic carbocycles. The van der Waals surface area contributed by atoms with Gasteiger partial charge in [0.1, 0.15) is 6.33 Å². The molecule has 0 unspecified atom stereocenters. The zero-order valence-electron chi connectivity index (χ0n) is 4.70. The van der Waals surface area contributed by atoms with Gasteiger partial charge in [-0.3, -0.25) is 0 Å². The summed E-state index contributed by atoms with van der Waals surface area (Å²) < 4.78 is 0. The monoisotopic (exact) mass is 109 g/mol. The third kappa shape index (κ3) is 0.992. The van der Waals surface area contributed by atoms with E-state index in [1.54, 1.807) is 6.20 Å². The Morgan fingerprint density at radius 2 is 2.38 bits per heavy atom. The minimum atomic E-state index is 0.926. The fourth-order valence-electron chi connectivity index (χ4n) is 0.446. The van der Waals surface area contributed by atoms with Gasteiger partial charge in [0.2, 0.25) is 0 Å². The van der Waals surface area contributed by atoms with E-state index in [1.165, 1.54) is 6.33 Å². The van der Waals surface area contributed by atoms with Gasteiger partial charge in [-0.25, -0.2) is 4.98 Å². The number of aromatic nitrogens is 3. The zero-order chi connectivity index (χ0) is 5.82. The van der Waals surface area contributed by atoms with Crippen molar-refractivity contribution in [1.82, 2.24) is 15.2 Å². The van der Waals surface area contributed by atoms with Crippen molar-refractivity contribution in [3.05, 3.63) is 18.2 Å². The minimum absolute atomic E-state index is 0.926. The van der Waals surface area contributed by atoms with Gasteiger partial charge in [-0.2, -0.15) is 5.10 Å². The van der Waals surface area contributed by atoms with E-state index in [9.17, 15) is 0 Å². The second-order valence-electron chi connectivity index (χ2n) is 1.45. The van der Waals surface area contributed by atoms with Gasteiger partial charge in [-0.05, 0) is 6.42 Å². The molecule has 1 heterocycles. The lowest BCUT2D eigenvalue weighted by Gasteiger charge is -1.86. The molecule has 0 aliphatic heterocycles. The largest absolute Gasteiger partial charge is 0.238 e. The molecule has 0 fully saturated rings. The van der Waals surface area contributed by atoms with Crippen molar-refractivity contribution in [2.45, 2.75) is 13.3 Å². The summed E-state index contributed by atoms with van der Waals surface area (Å²) in [6.45, 7) is 2.03. The van der Waals surface area contributed by atoms with Gasteiger partial charge in [-0.15, -0.1) is 5.10 Å². The van der Waals surface area contributed by atoms with Crippen molar-refractivity contribution >= 4 is 0 Å². The van der Waals surface area contributed by atoms with Crippen LogP contribution in [0, 0.1) is 0 Å². The van der Waals surface area contributed by atoms with Gasteiger partial charge >= 0.3 is 0 Å². The molecule has 8 heavy (non-hydrogen) atoms. The van der Waals surface area contributed by atoms with Crippen LogP contribution in [0.1, 0.15) is 12.6 Å². The van der Waals surface area contributed by atoms with Crippen LogP contribution in [0.3, 0.4) is 0 Å². The van der Waals surface area contributed by atoms with E-state index in [0.717, 1.165) is 12.1 Å². The highest BCUT2D eigenvalue weighted by Crippen LogP contribution is 1.85. The Morgan fingerprint density at radius 1 is 1.50 bits per heavy atom. The van der Waals surface area contributed by atoms with E-state index in [-0.39, 0.29) is 0 Å². The molecule has 42 valence electrons. The molecule has 0 saturated carbocycles. The van der Waals surface area contributed by atoms with E-state index >= 15 is 0 Å². The van der Waals surface area contributed by atoms with Gasteiger partial charge in [0.25, 0.3) is 0 Å². The molecular weight excluding hydrogens is 102 g/mol. The topological polar surface area (TPSA) is 38.7 Å². The predicted octanol–water partition coefficient (Wildman–Crippen LogP) is 0.434. The van der Waals surface area contributed by atoms with Gasteiger partial charge in [0, 0.05) is 0 Å². The maximum Gasteiger partial charge on any atom is 0.138 e. The molecule has 0 N–H and O–H groups in total. The Bertz CT molecular complexity index is 149. The van der Waals surface area contributed by atoms with Crippen molar-refractivity contribution in [2.24, 2.45) is 0 Å². The molecule has 3 nitrogen and oxygen atoms in total. The molecule has 1 aromatic rings. The number of hydrogen-bond acceptors (Lipinski definition) is 3. The second kappa shape index (κ2) is 2.35. The first-order chi connectivity index (χ1) is 3.93. The van der Waals surface area contributed by atoms with Crippen LogP contribution in [0.15, 0.2) is 12.5 Å². The van der Waals surface area contributed by atoms with E-state index in [2.05, 4.69) is 15.2 Å². The summed E-state index contributed by atoms with van der Waals surface area (Å²) in [6.07, 6.45) is 4.05. The number of aryl methyl sites for hydroxylation is 1. The summed E-state index contributed by atoms with van der Waals surface area (Å²) in [6, 6.07) is 0. The SMILES string of the molecule is CCc1cnncn1. The molecule has 1 aromatic heterocycles. The van der Waals surface area contributed by atoms with Crippen LogP contribution in [-0.2, 0) is 6.42 Å². The molecule has 0 bridgehead atoms. The van der Waals surface area contributed by atoms with Crippen LogP contribution in [0.5, 0.6) is 0 Å². The van der Waals surface area contributed by atoms with Crippen LogP contribution in [0.25, 0.3) is 0 Å². The number of nitrogens with zero attached hydrogens (tertiary/aromatic N) is 3. The van der Waals surface area contributed by atoms with E-state index in [1.807, 2.05) is 6.92 Å². The van der Waals surface area contributed by atoms with E-state index < -0.39 is 0 Å². The quantitative estimate of drug-likeness (QED) is 0.525. The lowest BCUT2D eigenvalue weighted by atomic mass is 10.4. The Morgan fingerprint density at radius 3 is 2.75 bits per heavy atom. The van der Waals surface area contributed by atoms with Crippen molar-refractivity contribution in [3.8, 4) is 0 Å². The van der Waals surface area contributed by atoms with Gasteiger partial charge < -0.3 is 0 Å². The first kappa shape index (κ1) is 5.15. The van der Waals surface area contributed by atoms with Gasteiger partial charge in [0.05, 0.1) is 11.9 Å². The Kier molecular flexibility index (Phi) is 1.51. The number of hydrogen-bond donors (Lipinski definition) is 0. The molecule has 0 aliphatic rings. The summed E-state index contributed by atoms with van der Waals surface area (Å²) >= 11 is 0. The molecule has 0 spiro atoms. The average Bonchev–Trinajstić information content (AvgIpc) is 1.90. The standard InChI is InChI=1S/C5H7N3/c1-2-5-3-7-8-4-6-5/h3-4H,2H2,1H3. The van der Waals surface area contributed by atoms with Crippen molar-refractivity contribution < 1.29 is 0 Å². The van der Waals surface area contributed by atoms with Crippen molar-refractivity contribution in [2.75, 3.05) is 0 Å². The van der Waals surface area contributed by atoms with Gasteiger partial charge in [0.15, 0.2) is 0 Å². The summed E-state index contributed by atoms with van der Waals surface area (Å²) in [5, 5.41) is 7.18. The maximum atomic E-state index is 3.92. The highest BCUT2D eigenvalue weighted by Gasteiger charge is 1.83. The summed E-state index contributed by atoms with van der Waals surface area (Å²) in [5.74, 6) is 0. The minimum Gasteiger partial charge on any atom is -0.238 e. The van der Waals surface area contributed by atoms with Crippen molar-refractivity contribution in [1.29, 1.82) is 0 Å². The Balaban J connectivity index is 2.83. The van der Waals surface area contributed by atoms with Crippen LogP contribution < -0.4 is 0 Å². The fourth-order valence-corrected chi connectivity index (χ4v) is 0.446. The highest BCUT2D eigenvalue weighted by atomic mass is 15.1. The lowest BCUT2D eigenvalue weighted by Crippen LogP contribution is -1.88. The molecule has 0 atom stereocenters. The molecule has 0 amide bonds. The highest BCUT2D eigenvalue weighted by molar-refractivity contribution is 4.89. The molecule has 0 radical (unpaired) electrons. The Hall–Kier alpha value is -0.990. The number of rotatable bonds is 1. The summed E-state index contributed by atoms with van der Waals surface area (Å²) in [7, 11) is 0.